The molecule has 0 aliphatic rings. The minimum Gasteiger partial charge on any atom is -0.300 e. The lowest BCUT2D eigenvalue weighted by Crippen LogP contribution is -2.17. The zero-order valence-electron chi connectivity index (χ0n) is 11.6. The maximum absolute atomic E-state index is 4.49. The van der Waals surface area contributed by atoms with Gasteiger partial charge in [0.1, 0.15) is 0 Å². The van der Waals surface area contributed by atoms with Crippen molar-refractivity contribution in [3.05, 3.63) is 30.0 Å². The Balaban J connectivity index is 2.67. The average Bonchev–Trinajstić information content (AvgIpc) is 2.57. The van der Waals surface area contributed by atoms with Crippen LogP contribution in [-0.2, 0) is 10.8 Å². The molecule has 0 spiro atoms. The minimum absolute atomic E-state index is 0.0631. The highest BCUT2D eigenvalue weighted by atomic mass is 15.0. The van der Waals surface area contributed by atoms with Crippen LogP contribution >= 0.6 is 0 Å². The Bertz CT molecular complexity index is 539. The van der Waals surface area contributed by atoms with Gasteiger partial charge >= 0.3 is 0 Å². The third kappa shape index (κ3) is 2.19. The molecule has 0 amide bonds. The van der Waals surface area contributed by atoms with E-state index in [0.717, 1.165) is 11.3 Å². The Hall–Kier alpha value is -1.38. The van der Waals surface area contributed by atoms with E-state index < -0.39 is 0 Å². The van der Waals surface area contributed by atoms with Crippen LogP contribution in [0.25, 0.3) is 5.65 Å². The van der Waals surface area contributed by atoms with E-state index in [1.165, 1.54) is 5.69 Å². The summed E-state index contributed by atoms with van der Waals surface area (Å²) in [5.74, 6) is 0. The molecule has 17 heavy (non-hydrogen) atoms. The topological polar surface area (TPSA) is 30.2 Å². The second kappa shape index (κ2) is 3.56. The molecular formula is C14H21N3. The van der Waals surface area contributed by atoms with Gasteiger partial charge in [0.15, 0.2) is 5.65 Å². The standard InChI is InChI=1S/C14H21N3/c1-13(2,3)10-9-17-11(14(4,5)6)7-16-12(17)8-15-10/h7-9H,1-6H3. The molecule has 0 aliphatic carbocycles. The molecule has 3 nitrogen and oxygen atoms in total. The highest BCUT2D eigenvalue weighted by Crippen LogP contribution is 2.25. The molecule has 0 saturated heterocycles. The third-order valence-corrected chi connectivity index (χ3v) is 2.93. The van der Waals surface area contributed by atoms with E-state index in [-0.39, 0.29) is 10.8 Å². The van der Waals surface area contributed by atoms with Gasteiger partial charge in [0.2, 0.25) is 0 Å². The van der Waals surface area contributed by atoms with Crippen molar-refractivity contribution in [1.82, 2.24) is 14.4 Å². The summed E-state index contributed by atoms with van der Waals surface area (Å²) in [6.07, 6.45) is 5.92. The predicted molar refractivity (Wildman–Crippen MR) is 70.4 cm³/mol. The Morgan fingerprint density at radius 3 is 2.06 bits per heavy atom. The predicted octanol–water partition coefficient (Wildman–Crippen LogP) is 3.32. The van der Waals surface area contributed by atoms with Crippen molar-refractivity contribution in [2.45, 2.75) is 52.4 Å². The lowest BCUT2D eigenvalue weighted by Gasteiger charge is -2.21. The van der Waals surface area contributed by atoms with Crippen LogP contribution in [0.5, 0.6) is 0 Å². The van der Waals surface area contributed by atoms with Crippen LogP contribution in [0.3, 0.4) is 0 Å². The first kappa shape index (κ1) is 12.1. The molecular weight excluding hydrogens is 210 g/mol. The van der Waals surface area contributed by atoms with Crippen LogP contribution in [0.1, 0.15) is 52.9 Å². The fourth-order valence-corrected chi connectivity index (χ4v) is 1.83. The van der Waals surface area contributed by atoms with Crippen molar-refractivity contribution in [3.8, 4) is 0 Å². The van der Waals surface area contributed by atoms with E-state index in [2.05, 4.69) is 62.1 Å². The van der Waals surface area contributed by atoms with Crippen molar-refractivity contribution in [2.75, 3.05) is 0 Å². The molecule has 0 unspecified atom stereocenters. The van der Waals surface area contributed by atoms with Crippen LogP contribution in [0.2, 0.25) is 0 Å². The molecule has 2 rings (SSSR count). The van der Waals surface area contributed by atoms with Gasteiger partial charge in [-0.25, -0.2) is 4.98 Å². The molecule has 0 aliphatic heterocycles. The first-order chi connectivity index (χ1) is 7.69. The van der Waals surface area contributed by atoms with Crippen molar-refractivity contribution in [3.63, 3.8) is 0 Å². The number of hydrogen-bond acceptors (Lipinski definition) is 2. The summed E-state index contributed by atoms with van der Waals surface area (Å²) >= 11 is 0. The average molecular weight is 231 g/mol. The molecule has 0 bridgehead atoms. The molecule has 0 aromatic carbocycles. The summed E-state index contributed by atoms with van der Waals surface area (Å²) in [5.41, 5.74) is 3.39. The molecule has 92 valence electrons. The SMILES string of the molecule is CC(C)(C)c1cn2c(C(C)(C)C)cnc2cn1. The van der Waals surface area contributed by atoms with Gasteiger partial charge in [0.05, 0.1) is 11.9 Å². The Morgan fingerprint density at radius 1 is 0.882 bits per heavy atom. The summed E-state index contributed by atoms with van der Waals surface area (Å²) < 4.78 is 2.16. The molecule has 0 saturated carbocycles. The monoisotopic (exact) mass is 231 g/mol. The maximum atomic E-state index is 4.49. The highest BCUT2D eigenvalue weighted by Gasteiger charge is 2.21. The zero-order valence-corrected chi connectivity index (χ0v) is 11.6. The van der Waals surface area contributed by atoms with E-state index in [0.29, 0.717) is 0 Å². The normalized spacial score (nSPS) is 13.3. The van der Waals surface area contributed by atoms with Crippen LogP contribution in [0, 0.1) is 0 Å². The minimum atomic E-state index is 0.0631. The smallest absolute Gasteiger partial charge is 0.155 e. The van der Waals surface area contributed by atoms with Crippen LogP contribution < -0.4 is 0 Å². The second-order valence-corrected chi connectivity index (χ2v) is 6.64. The quantitative estimate of drug-likeness (QED) is 0.696. The van der Waals surface area contributed by atoms with Gasteiger partial charge in [-0.3, -0.25) is 4.98 Å². The number of imidazole rings is 1. The molecule has 0 atom stereocenters. The Morgan fingerprint density at radius 2 is 1.53 bits per heavy atom. The van der Waals surface area contributed by atoms with E-state index in [1.54, 1.807) is 0 Å². The molecule has 2 aromatic rings. The van der Waals surface area contributed by atoms with Crippen molar-refractivity contribution in [1.29, 1.82) is 0 Å². The van der Waals surface area contributed by atoms with Gasteiger partial charge in [-0.2, -0.15) is 0 Å². The van der Waals surface area contributed by atoms with Gasteiger partial charge in [-0.15, -0.1) is 0 Å². The summed E-state index contributed by atoms with van der Waals surface area (Å²) in [7, 11) is 0. The van der Waals surface area contributed by atoms with Gasteiger partial charge in [0, 0.05) is 28.9 Å². The lowest BCUT2D eigenvalue weighted by molar-refractivity contribution is 0.547. The van der Waals surface area contributed by atoms with Crippen LogP contribution in [0.4, 0.5) is 0 Å². The summed E-state index contributed by atoms with van der Waals surface area (Å²) in [5, 5.41) is 0. The second-order valence-electron chi connectivity index (χ2n) is 6.64. The molecule has 0 fully saturated rings. The fourth-order valence-electron chi connectivity index (χ4n) is 1.83. The van der Waals surface area contributed by atoms with E-state index in [1.807, 2.05) is 12.4 Å². The Labute approximate surface area is 103 Å². The summed E-state index contributed by atoms with van der Waals surface area (Å²) in [6, 6.07) is 0. The number of nitrogens with zero attached hydrogens (tertiary/aromatic N) is 3. The summed E-state index contributed by atoms with van der Waals surface area (Å²) in [4.78, 5) is 8.90. The first-order valence-corrected chi connectivity index (χ1v) is 6.04. The number of aromatic nitrogens is 3. The zero-order chi connectivity index (χ0) is 12.8. The first-order valence-electron chi connectivity index (χ1n) is 6.04. The maximum Gasteiger partial charge on any atom is 0.155 e. The van der Waals surface area contributed by atoms with Crippen LogP contribution in [0.15, 0.2) is 18.6 Å². The highest BCUT2D eigenvalue weighted by molar-refractivity contribution is 5.40. The summed E-state index contributed by atoms with van der Waals surface area (Å²) in [6.45, 7) is 13.1. The molecule has 0 radical (unpaired) electrons. The molecule has 3 heteroatoms. The molecule has 2 heterocycles. The number of rotatable bonds is 0. The largest absolute Gasteiger partial charge is 0.300 e. The Kier molecular flexibility index (Phi) is 2.53. The van der Waals surface area contributed by atoms with Crippen molar-refractivity contribution < 1.29 is 0 Å². The van der Waals surface area contributed by atoms with Gasteiger partial charge in [0.25, 0.3) is 0 Å². The van der Waals surface area contributed by atoms with Gasteiger partial charge < -0.3 is 4.40 Å². The van der Waals surface area contributed by atoms with Crippen LogP contribution in [-0.4, -0.2) is 14.4 Å². The molecule has 0 N–H and O–H groups in total. The van der Waals surface area contributed by atoms with E-state index in [9.17, 15) is 0 Å². The van der Waals surface area contributed by atoms with E-state index in [4.69, 9.17) is 0 Å². The number of fused-ring (bicyclic) bond motifs is 1. The third-order valence-electron chi connectivity index (χ3n) is 2.93. The van der Waals surface area contributed by atoms with Gasteiger partial charge in [-0.05, 0) is 0 Å². The fraction of sp³-hybridized carbons (Fsp3) is 0.571. The lowest BCUT2D eigenvalue weighted by atomic mass is 9.91. The number of hydrogen-bond donors (Lipinski definition) is 0. The van der Waals surface area contributed by atoms with E-state index >= 15 is 0 Å². The van der Waals surface area contributed by atoms with Crippen molar-refractivity contribution in [2.24, 2.45) is 0 Å². The van der Waals surface area contributed by atoms with Gasteiger partial charge in [-0.1, -0.05) is 41.5 Å². The molecule has 2 aromatic heterocycles. The van der Waals surface area contributed by atoms with Crippen molar-refractivity contribution >= 4 is 5.65 Å².